The van der Waals surface area contributed by atoms with Crippen LogP contribution in [-0.2, 0) is 10.2 Å². The molecule has 0 bridgehead atoms. The fraction of sp³-hybridized carbons (Fsp3) is 0.562. The Morgan fingerprint density at radius 3 is 2.32 bits per heavy atom. The van der Waals surface area contributed by atoms with E-state index >= 15 is 0 Å². The van der Waals surface area contributed by atoms with Crippen LogP contribution in [0.3, 0.4) is 0 Å². The molecule has 0 heterocycles. The maximum absolute atomic E-state index is 11.9. The quantitative estimate of drug-likeness (QED) is 0.801. The molecule has 0 spiro atoms. The van der Waals surface area contributed by atoms with E-state index in [1.54, 1.807) is 7.11 Å². The van der Waals surface area contributed by atoms with Crippen molar-refractivity contribution in [3.05, 3.63) is 35.4 Å². The number of carbonyl (C=O) groups is 1. The Morgan fingerprint density at radius 1 is 1.16 bits per heavy atom. The standard InChI is InChI=1S/C16H25NO2/c1-16(2,3)14-9-7-13(8-10-14)15(18)17-11-5-6-12-19-4/h7-10H,5-6,11-12H2,1-4H3,(H,17,18). The van der Waals surface area contributed by atoms with E-state index in [0.29, 0.717) is 6.54 Å². The van der Waals surface area contributed by atoms with Gasteiger partial charge in [-0.1, -0.05) is 32.9 Å². The number of hydrogen-bond donors (Lipinski definition) is 1. The van der Waals surface area contributed by atoms with Gasteiger partial charge in [0, 0.05) is 25.8 Å². The molecule has 0 fully saturated rings. The second-order valence-corrected chi connectivity index (χ2v) is 5.78. The predicted octanol–water partition coefficient (Wildman–Crippen LogP) is 3.14. The highest BCUT2D eigenvalue weighted by Crippen LogP contribution is 2.22. The van der Waals surface area contributed by atoms with Gasteiger partial charge in [0.15, 0.2) is 0 Å². The first kappa shape index (κ1) is 15.7. The van der Waals surface area contributed by atoms with Crippen LogP contribution in [0.2, 0.25) is 0 Å². The Balaban J connectivity index is 2.45. The summed E-state index contributed by atoms with van der Waals surface area (Å²) in [6.45, 7) is 7.94. The van der Waals surface area contributed by atoms with Crippen LogP contribution in [-0.4, -0.2) is 26.2 Å². The van der Waals surface area contributed by atoms with Crippen molar-refractivity contribution in [3.8, 4) is 0 Å². The molecule has 1 amide bonds. The number of hydrogen-bond acceptors (Lipinski definition) is 2. The number of carbonyl (C=O) groups excluding carboxylic acids is 1. The van der Waals surface area contributed by atoms with Gasteiger partial charge in [-0.15, -0.1) is 0 Å². The van der Waals surface area contributed by atoms with E-state index in [0.717, 1.165) is 25.0 Å². The Hall–Kier alpha value is -1.35. The van der Waals surface area contributed by atoms with E-state index in [9.17, 15) is 4.79 Å². The Labute approximate surface area is 116 Å². The summed E-state index contributed by atoms with van der Waals surface area (Å²) >= 11 is 0. The van der Waals surface area contributed by atoms with Gasteiger partial charge in [0.1, 0.15) is 0 Å². The average Bonchev–Trinajstić information content (AvgIpc) is 2.37. The monoisotopic (exact) mass is 263 g/mol. The number of unbranched alkanes of at least 4 members (excludes halogenated alkanes) is 1. The summed E-state index contributed by atoms with van der Waals surface area (Å²) in [6, 6.07) is 7.84. The average molecular weight is 263 g/mol. The van der Waals surface area contributed by atoms with Gasteiger partial charge in [0.2, 0.25) is 0 Å². The minimum atomic E-state index is -0.00197. The molecule has 3 heteroatoms. The lowest BCUT2D eigenvalue weighted by Crippen LogP contribution is -2.24. The van der Waals surface area contributed by atoms with Crippen molar-refractivity contribution < 1.29 is 9.53 Å². The summed E-state index contributed by atoms with van der Waals surface area (Å²) in [6.07, 6.45) is 1.92. The molecule has 0 aromatic heterocycles. The van der Waals surface area contributed by atoms with E-state index in [4.69, 9.17) is 4.74 Å². The molecule has 0 aliphatic heterocycles. The topological polar surface area (TPSA) is 38.3 Å². The van der Waals surface area contributed by atoms with Gasteiger partial charge in [-0.3, -0.25) is 4.79 Å². The number of benzene rings is 1. The van der Waals surface area contributed by atoms with Crippen molar-refractivity contribution in [1.82, 2.24) is 5.32 Å². The van der Waals surface area contributed by atoms with Crippen molar-refractivity contribution in [2.75, 3.05) is 20.3 Å². The lowest BCUT2D eigenvalue weighted by atomic mass is 9.87. The fourth-order valence-corrected chi connectivity index (χ4v) is 1.80. The van der Waals surface area contributed by atoms with Crippen molar-refractivity contribution in [2.45, 2.75) is 39.0 Å². The van der Waals surface area contributed by atoms with Crippen LogP contribution in [0.4, 0.5) is 0 Å². The second kappa shape index (κ2) is 7.29. The van der Waals surface area contributed by atoms with Gasteiger partial charge in [0.25, 0.3) is 5.91 Å². The highest BCUT2D eigenvalue weighted by Gasteiger charge is 2.14. The number of ether oxygens (including phenoxy) is 1. The lowest BCUT2D eigenvalue weighted by Gasteiger charge is -2.19. The Kier molecular flexibility index (Phi) is 6.03. The first-order valence-corrected chi connectivity index (χ1v) is 6.83. The lowest BCUT2D eigenvalue weighted by molar-refractivity contribution is 0.0951. The molecule has 0 aliphatic rings. The van der Waals surface area contributed by atoms with Crippen LogP contribution >= 0.6 is 0 Å². The molecule has 1 aromatic rings. The second-order valence-electron chi connectivity index (χ2n) is 5.78. The van der Waals surface area contributed by atoms with E-state index < -0.39 is 0 Å². The molecule has 0 unspecified atom stereocenters. The molecule has 0 saturated heterocycles. The maximum atomic E-state index is 11.9. The van der Waals surface area contributed by atoms with Crippen molar-refractivity contribution in [3.63, 3.8) is 0 Å². The predicted molar refractivity (Wildman–Crippen MR) is 78.6 cm³/mol. The summed E-state index contributed by atoms with van der Waals surface area (Å²) in [5.41, 5.74) is 2.08. The largest absolute Gasteiger partial charge is 0.385 e. The van der Waals surface area contributed by atoms with Crippen molar-refractivity contribution in [2.24, 2.45) is 0 Å². The van der Waals surface area contributed by atoms with E-state index in [1.165, 1.54) is 5.56 Å². The van der Waals surface area contributed by atoms with Crippen molar-refractivity contribution >= 4 is 5.91 Å². The highest BCUT2D eigenvalue weighted by molar-refractivity contribution is 5.94. The van der Waals surface area contributed by atoms with Gasteiger partial charge >= 0.3 is 0 Å². The van der Waals surface area contributed by atoms with Crippen LogP contribution in [0.25, 0.3) is 0 Å². The smallest absolute Gasteiger partial charge is 0.251 e. The molecule has 1 N–H and O–H groups in total. The minimum Gasteiger partial charge on any atom is -0.385 e. The van der Waals surface area contributed by atoms with Crippen molar-refractivity contribution in [1.29, 1.82) is 0 Å². The summed E-state index contributed by atoms with van der Waals surface area (Å²) in [5, 5.41) is 2.92. The summed E-state index contributed by atoms with van der Waals surface area (Å²) in [4.78, 5) is 11.9. The minimum absolute atomic E-state index is 0.00197. The summed E-state index contributed by atoms with van der Waals surface area (Å²) in [5.74, 6) is -0.00197. The van der Waals surface area contributed by atoms with Crippen LogP contribution in [0, 0.1) is 0 Å². The normalized spacial score (nSPS) is 11.4. The number of methoxy groups -OCH3 is 1. The van der Waals surface area contributed by atoms with Gasteiger partial charge in [-0.25, -0.2) is 0 Å². The van der Waals surface area contributed by atoms with Gasteiger partial charge in [-0.05, 0) is 36.0 Å². The number of rotatable bonds is 6. The molecule has 3 nitrogen and oxygen atoms in total. The molecule has 19 heavy (non-hydrogen) atoms. The van der Waals surface area contributed by atoms with Gasteiger partial charge < -0.3 is 10.1 Å². The number of amides is 1. The molecule has 0 atom stereocenters. The molecule has 106 valence electrons. The SMILES string of the molecule is COCCCCNC(=O)c1ccc(C(C)(C)C)cc1. The van der Waals surface area contributed by atoms with Crippen LogP contribution < -0.4 is 5.32 Å². The van der Waals surface area contributed by atoms with E-state index in [2.05, 4.69) is 26.1 Å². The zero-order valence-corrected chi connectivity index (χ0v) is 12.5. The first-order chi connectivity index (χ1) is 8.95. The Morgan fingerprint density at radius 2 is 1.79 bits per heavy atom. The maximum Gasteiger partial charge on any atom is 0.251 e. The molecular weight excluding hydrogens is 238 g/mol. The molecule has 1 rings (SSSR count). The van der Waals surface area contributed by atoms with E-state index in [-0.39, 0.29) is 11.3 Å². The molecule has 0 saturated carbocycles. The third-order valence-corrected chi connectivity index (χ3v) is 3.07. The molecular formula is C16H25NO2. The van der Waals surface area contributed by atoms with Crippen LogP contribution in [0.5, 0.6) is 0 Å². The summed E-state index contributed by atoms with van der Waals surface area (Å²) in [7, 11) is 1.69. The fourth-order valence-electron chi connectivity index (χ4n) is 1.80. The molecule has 0 radical (unpaired) electrons. The molecule has 1 aromatic carbocycles. The molecule has 0 aliphatic carbocycles. The highest BCUT2D eigenvalue weighted by atomic mass is 16.5. The van der Waals surface area contributed by atoms with Gasteiger partial charge in [0.05, 0.1) is 0 Å². The third-order valence-electron chi connectivity index (χ3n) is 3.07. The first-order valence-electron chi connectivity index (χ1n) is 6.83. The van der Waals surface area contributed by atoms with Crippen LogP contribution in [0.1, 0.15) is 49.5 Å². The van der Waals surface area contributed by atoms with E-state index in [1.807, 2.05) is 24.3 Å². The Bertz CT molecular complexity index is 390. The van der Waals surface area contributed by atoms with Gasteiger partial charge in [-0.2, -0.15) is 0 Å². The third kappa shape index (κ3) is 5.43. The zero-order valence-electron chi connectivity index (χ0n) is 12.5. The summed E-state index contributed by atoms with van der Waals surface area (Å²) < 4.78 is 4.97. The zero-order chi connectivity index (χ0) is 14.3. The van der Waals surface area contributed by atoms with Crippen LogP contribution in [0.15, 0.2) is 24.3 Å². The number of nitrogens with one attached hydrogen (secondary N) is 1.